The number of carbonyl (C=O) groups excluding carboxylic acids is 1. The summed E-state index contributed by atoms with van der Waals surface area (Å²) in [5, 5.41) is 19.4. The monoisotopic (exact) mass is 267 g/mol. The van der Waals surface area contributed by atoms with E-state index in [1.807, 2.05) is 6.92 Å². The van der Waals surface area contributed by atoms with Crippen molar-refractivity contribution in [3.05, 3.63) is 29.6 Å². The van der Waals surface area contributed by atoms with E-state index < -0.39 is 11.9 Å². The molecular weight excluding hydrogens is 249 g/mol. The molecule has 1 heterocycles. The van der Waals surface area contributed by atoms with E-state index in [0.29, 0.717) is 19.5 Å². The lowest BCUT2D eigenvalue weighted by atomic mass is 9.92. The zero-order valence-corrected chi connectivity index (χ0v) is 10.8. The summed E-state index contributed by atoms with van der Waals surface area (Å²) in [6, 6.07) is 3.34. The maximum absolute atomic E-state index is 13.2. The molecule has 0 bridgehead atoms. The van der Waals surface area contributed by atoms with Crippen LogP contribution in [0.5, 0.6) is 5.75 Å². The van der Waals surface area contributed by atoms with Crippen molar-refractivity contribution in [2.24, 2.45) is 5.92 Å². The van der Waals surface area contributed by atoms with Crippen LogP contribution in [0.3, 0.4) is 0 Å². The molecule has 0 saturated carbocycles. The van der Waals surface area contributed by atoms with Crippen molar-refractivity contribution in [2.45, 2.75) is 25.9 Å². The lowest BCUT2D eigenvalue weighted by Gasteiger charge is -2.35. The number of nitrogens with zero attached hydrogens (tertiary/aromatic N) is 1. The van der Waals surface area contributed by atoms with E-state index in [1.54, 1.807) is 4.90 Å². The predicted molar refractivity (Wildman–Crippen MR) is 68.4 cm³/mol. The highest BCUT2D eigenvalue weighted by atomic mass is 19.1. The summed E-state index contributed by atoms with van der Waals surface area (Å²) in [5.41, 5.74) is -0.0220. The van der Waals surface area contributed by atoms with Crippen LogP contribution < -0.4 is 0 Å². The van der Waals surface area contributed by atoms with Crippen LogP contribution in [0.2, 0.25) is 0 Å². The topological polar surface area (TPSA) is 60.8 Å². The Hall–Kier alpha value is -1.62. The highest BCUT2D eigenvalue weighted by Gasteiger charge is 2.30. The molecule has 1 saturated heterocycles. The van der Waals surface area contributed by atoms with Crippen molar-refractivity contribution >= 4 is 5.91 Å². The van der Waals surface area contributed by atoms with Crippen LogP contribution in [0, 0.1) is 11.7 Å². The first-order valence-corrected chi connectivity index (χ1v) is 6.48. The van der Waals surface area contributed by atoms with Gasteiger partial charge < -0.3 is 15.1 Å². The van der Waals surface area contributed by atoms with Crippen molar-refractivity contribution in [1.29, 1.82) is 0 Å². The van der Waals surface area contributed by atoms with Gasteiger partial charge in [0.25, 0.3) is 5.91 Å². The minimum atomic E-state index is -0.551. The summed E-state index contributed by atoms with van der Waals surface area (Å²) in [4.78, 5) is 13.8. The first-order valence-electron chi connectivity index (χ1n) is 6.48. The molecule has 1 aliphatic heterocycles. The molecule has 0 aliphatic carbocycles. The summed E-state index contributed by atoms with van der Waals surface area (Å²) in [6.07, 6.45) is 0.899. The standard InChI is InChI=1S/C14H18FNO3/c1-2-9-8-16(6-5-12(9)17)14(19)11-7-10(15)3-4-13(11)18/h3-4,7,9,12,17-18H,2,5-6,8H2,1H3. The van der Waals surface area contributed by atoms with Crippen molar-refractivity contribution < 1.29 is 19.4 Å². The Morgan fingerprint density at radius 3 is 2.95 bits per heavy atom. The van der Waals surface area contributed by atoms with Gasteiger partial charge in [-0.2, -0.15) is 0 Å². The number of hydrogen-bond donors (Lipinski definition) is 2. The van der Waals surface area contributed by atoms with Gasteiger partial charge in [0.1, 0.15) is 11.6 Å². The molecule has 0 spiro atoms. The first kappa shape index (κ1) is 13.8. The molecule has 0 aromatic heterocycles. The van der Waals surface area contributed by atoms with Gasteiger partial charge in [-0.15, -0.1) is 0 Å². The van der Waals surface area contributed by atoms with Gasteiger partial charge in [0.05, 0.1) is 11.7 Å². The van der Waals surface area contributed by atoms with E-state index in [4.69, 9.17) is 0 Å². The van der Waals surface area contributed by atoms with Crippen LogP contribution >= 0.6 is 0 Å². The number of benzene rings is 1. The third kappa shape index (κ3) is 2.87. The number of aliphatic hydroxyl groups is 1. The van der Waals surface area contributed by atoms with Crippen LogP contribution in [0.1, 0.15) is 30.1 Å². The fraction of sp³-hybridized carbons (Fsp3) is 0.500. The third-order valence-corrected chi connectivity index (χ3v) is 3.69. The average Bonchev–Trinajstić information content (AvgIpc) is 2.41. The SMILES string of the molecule is CCC1CN(C(=O)c2cc(F)ccc2O)CCC1O. The van der Waals surface area contributed by atoms with Crippen molar-refractivity contribution in [1.82, 2.24) is 4.90 Å². The number of carbonyl (C=O) groups is 1. The molecule has 1 aromatic carbocycles. The van der Waals surface area contributed by atoms with Crippen LogP contribution in [0.25, 0.3) is 0 Å². The zero-order chi connectivity index (χ0) is 14.0. The number of hydrogen-bond acceptors (Lipinski definition) is 3. The number of aliphatic hydroxyl groups excluding tert-OH is 1. The molecule has 5 heteroatoms. The van der Waals surface area contributed by atoms with E-state index >= 15 is 0 Å². The Kier molecular flexibility index (Phi) is 4.04. The lowest BCUT2D eigenvalue weighted by Crippen LogP contribution is -2.45. The highest BCUT2D eigenvalue weighted by Crippen LogP contribution is 2.25. The van der Waals surface area contributed by atoms with Gasteiger partial charge in [0.2, 0.25) is 0 Å². The molecule has 104 valence electrons. The molecule has 4 nitrogen and oxygen atoms in total. The van der Waals surface area contributed by atoms with Crippen molar-refractivity contribution in [2.75, 3.05) is 13.1 Å². The normalized spacial score (nSPS) is 23.4. The first-order chi connectivity index (χ1) is 9.02. The lowest BCUT2D eigenvalue weighted by molar-refractivity contribution is 0.0227. The molecule has 19 heavy (non-hydrogen) atoms. The fourth-order valence-electron chi connectivity index (χ4n) is 2.46. The van der Waals surface area contributed by atoms with Gasteiger partial charge in [-0.1, -0.05) is 6.92 Å². The number of phenolic OH excluding ortho intramolecular Hbond substituents is 1. The second kappa shape index (κ2) is 5.57. The molecule has 2 atom stereocenters. The number of aromatic hydroxyl groups is 1. The number of halogens is 1. The van der Waals surface area contributed by atoms with Gasteiger partial charge >= 0.3 is 0 Å². The molecule has 1 aromatic rings. The summed E-state index contributed by atoms with van der Waals surface area (Å²) < 4.78 is 13.2. The highest BCUT2D eigenvalue weighted by molar-refractivity contribution is 5.96. The van der Waals surface area contributed by atoms with Gasteiger partial charge in [0, 0.05) is 19.0 Å². The van der Waals surface area contributed by atoms with Crippen LogP contribution in [-0.4, -0.2) is 40.2 Å². The molecule has 1 amide bonds. The Balaban J connectivity index is 2.18. The summed E-state index contributed by atoms with van der Waals surface area (Å²) in [7, 11) is 0. The zero-order valence-electron chi connectivity index (χ0n) is 10.8. The summed E-state index contributed by atoms with van der Waals surface area (Å²) >= 11 is 0. The number of phenols is 1. The minimum Gasteiger partial charge on any atom is -0.507 e. The van der Waals surface area contributed by atoms with Crippen molar-refractivity contribution in [3.8, 4) is 5.75 Å². The molecule has 1 aliphatic rings. The van der Waals surface area contributed by atoms with Crippen LogP contribution in [0.4, 0.5) is 4.39 Å². The number of piperidine rings is 1. The van der Waals surface area contributed by atoms with Crippen LogP contribution in [-0.2, 0) is 0 Å². The van der Waals surface area contributed by atoms with E-state index in [9.17, 15) is 19.4 Å². The van der Waals surface area contributed by atoms with Crippen LogP contribution in [0.15, 0.2) is 18.2 Å². The Morgan fingerprint density at radius 2 is 2.26 bits per heavy atom. The second-order valence-electron chi connectivity index (χ2n) is 4.94. The summed E-state index contributed by atoms with van der Waals surface area (Å²) in [6.45, 7) is 2.82. The molecule has 2 N–H and O–H groups in total. The van der Waals surface area contributed by atoms with Crippen molar-refractivity contribution in [3.63, 3.8) is 0 Å². The minimum absolute atomic E-state index is 0.0220. The number of likely N-dealkylation sites (tertiary alicyclic amines) is 1. The van der Waals surface area contributed by atoms with Gasteiger partial charge in [-0.3, -0.25) is 4.79 Å². The fourth-order valence-corrected chi connectivity index (χ4v) is 2.46. The van der Waals surface area contributed by atoms with Gasteiger partial charge in [0.15, 0.2) is 0 Å². The molecule has 2 rings (SSSR count). The molecule has 0 radical (unpaired) electrons. The number of rotatable bonds is 2. The molecular formula is C14H18FNO3. The van der Waals surface area contributed by atoms with E-state index in [-0.39, 0.29) is 23.1 Å². The van der Waals surface area contributed by atoms with E-state index in [1.165, 1.54) is 6.07 Å². The third-order valence-electron chi connectivity index (χ3n) is 3.69. The van der Waals surface area contributed by atoms with Gasteiger partial charge in [-0.25, -0.2) is 4.39 Å². The Labute approximate surface area is 111 Å². The maximum Gasteiger partial charge on any atom is 0.257 e. The Bertz CT molecular complexity index is 478. The maximum atomic E-state index is 13.2. The smallest absolute Gasteiger partial charge is 0.257 e. The van der Waals surface area contributed by atoms with E-state index in [2.05, 4.69) is 0 Å². The summed E-state index contributed by atoms with van der Waals surface area (Å²) in [5.74, 6) is -1.12. The number of amides is 1. The quantitative estimate of drug-likeness (QED) is 0.858. The molecule has 1 fully saturated rings. The second-order valence-corrected chi connectivity index (χ2v) is 4.94. The Morgan fingerprint density at radius 1 is 1.53 bits per heavy atom. The van der Waals surface area contributed by atoms with E-state index in [0.717, 1.165) is 18.6 Å². The van der Waals surface area contributed by atoms with Gasteiger partial charge in [-0.05, 0) is 31.0 Å². The molecule has 2 unspecified atom stereocenters. The predicted octanol–water partition coefficient (Wildman–Crippen LogP) is 1.76. The largest absolute Gasteiger partial charge is 0.507 e. The average molecular weight is 267 g/mol.